The number of hydrogen-bond donors (Lipinski definition) is 0. The highest BCUT2D eigenvalue weighted by molar-refractivity contribution is 6.03. The fourth-order valence-corrected chi connectivity index (χ4v) is 4.09. The first-order valence-electron chi connectivity index (χ1n) is 9.54. The third-order valence-corrected chi connectivity index (χ3v) is 5.56. The number of aryl methyl sites for hydroxylation is 2. The van der Waals surface area contributed by atoms with Crippen molar-refractivity contribution < 1.29 is 9.13 Å². The molecule has 0 saturated carbocycles. The summed E-state index contributed by atoms with van der Waals surface area (Å²) < 4.78 is 19.8. The Bertz CT molecular complexity index is 1070. The Morgan fingerprint density at radius 2 is 1.79 bits per heavy atom. The highest BCUT2D eigenvalue weighted by atomic mass is 19.1. The molecule has 0 amide bonds. The van der Waals surface area contributed by atoms with Crippen molar-refractivity contribution >= 4 is 5.71 Å². The van der Waals surface area contributed by atoms with Gasteiger partial charge in [0, 0.05) is 23.1 Å². The Kier molecular flexibility index (Phi) is 3.93. The maximum atomic E-state index is 13.4. The Morgan fingerprint density at radius 3 is 2.61 bits per heavy atom. The van der Waals surface area contributed by atoms with E-state index in [4.69, 9.17) is 9.84 Å². The lowest BCUT2D eigenvalue weighted by molar-refractivity contribution is -0.0190. The molecule has 2 heterocycles. The maximum absolute atomic E-state index is 13.4. The van der Waals surface area contributed by atoms with E-state index in [0.717, 1.165) is 29.0 Å². The smallest absolute Gasteiger partial charge is 0.213 e. The first-order valence-corrected chi connectivity index (χ1v) is 9.54. The average Bonchev–Trinajstić information content (AvgIpc) is 3.15. The lowest BCUT2D eigenvalue weighted by Gasteiger charge is -2.38. The number of hydrazone groups is 1. The van der Waals surface area contributed by atoms with Crippen LogP contribution in [0.25, 0.3) is 0 Å². The summed E-state index contributed by atoms with van der Waals surface area (Å²) in [5.41, 5.74) is 6.73. The summed E-state index contributed by atoms with van der Waals surface area (Å²) in [7, 11) is 0. The molecule has 3 aromatic carbocycles. The number of nitrogens with zero attached hydrogens (tertiary/aromatic N) is 2. The van der Waals surface area contributed by atoms with E-state index in [1.54, 1.807) is 12.1 Å². The summed E-state index contributed by atoms with van der Waals surface area (Å²) in [6.45, 7) is 4.22. The lowest BCUT2D eigenvalue weighted by atomic mass is 9.93. The van der Waals surface area contributed by atoms with Gasteiger partial charge in [0.15, 0.2) is 0 Å². The molecule has 0 radical (unpaired) electrons. The van der Waals surface area contributed by atoms with Gasteiger partial charge >= 0.3 is 0 Å². The van der Waals surface area contributed by atoms with Crippen molar-refractivity contribution in [2.45, 2.75) is 32.5 Å². The Balaban J connectivity index is 1.61. The second kappa shape index (κ2) is 6.48. The fourth-order valence-electron chi connectivity index (χ4n) is 4.09. The van der Waals surface area contributed by atoms with Crippen molar-refractivity contribution in [3.63, 3.8) is 0 Å². The average molecular weight is 372 g/mol. The molecule has 3 nitrogen and oxygen atoms in total. The van der Waals surface area contributed by atoms with Crippen LogP contribution >= 0.6 is 0 Å². The molecule has 140 valence electrons. The van der Waals surface area contributed by atoms with E-state index < -0.39 is 0 Å². The molecule has 5 rings (SSSR count). The van der Waals surface area contributed by atoms with E-state index in [9.17, 15) is 4.39 Å². The molecule has 0 bridgehead atoms. The van der Waals surface area contributed by atoms with Crippen LogP contribution in [-0.2, 0) is 0 Å². The van der Waals surface area contributed by atoms with E-state index in [2.05, 4.69) is 38.1 Å². The molecule has 0 spiro atoms. The maximum Gasteiger partial charge on any atom is 0.213 e. The number of fused-ring (bicyclic) bond motifs is 3. The van der Waals surface area contributed by atoms with E-state index >= 15 is 0 Å². The Hall–Kier alpha value is -3.14. The molecule has 4 heteroatoms. The van der Waals surface area contributed by atoms with Crippen LogP contribution in [0.15, 0.2) is 71.8 Å². The number of ether oxygens (including phenoxy) is 1. The molecule has 2 atom stereocenters. The quantitative estimate of drug-likeness (QED) is 0.578. The monoisotopic (exact) mass is 372 g/mol. The van der Waals surface area contributed by atoms with Gasteiger partial charge in [0.25, 0.3) is 0 Å². The molecule has 2 aliphatic rings. The van der Waals surface area contributed by atoms with Crippen molar-refractivity contribution in [3.05, 3.63) is 100 Å². The van der Waals surface area contributed by atoms with Crippen LogP contribution in [0.5, 0.6) is 5.75 Å². The van der Waals surface area contributed by atoms with Crippen LogP contribution in [0.3, 0.4) is 0 Å². The first kappa shape index (κ1) is 17.0. The molecule has 28 heavy (non-hydrogen) atoms. The standard InChI is InChI=1S/C24H21FN2O/c1-15-7-8-16(2)20(13-15)21-14-22-19-5-3-4-6-23(19)28-24(27(22)26-21)17-9-11-18(25)12-10-17/h3-13,22,24H,14H2,1-2H3/t22-,24-/m0/s1. The largest absolute Gasteiger partial charge is 0.464 e. The first-order chi connectivity index (χ1) is 13.6. The van der Waals surface area contributed by atoms with E-state index in [-0.39, 0.29) is 18.1 Å². The molecule has 0 aromatic heterocycles. The minimum absolute atomic E-state index is 0.106. The van der Waals surface area contributed by atoms with Crippen LogP contribution in [0.4, 0.5) is 4.39 Å². The van der Waals surface area contributed by atoms with Crippen LogP contribution < -0.4 is 4.74 Å². The molecule has 0 fully saturated rings. The zero-order valence-corrected chi connectivity index (χ0v) is 15.9. The molecule has 0 aliphatic carbocycles. The summed E-state index contributed by atoms with van der Waals surface area (Å²) in [5.74, 6) is 0.619. The second-order valence-corrected chi connectivity index (χ2v) is 7.52. The fraction of sp³-hybridized carbons (Fsp3) is 0.208. The SMILES string of the molecule is Cc1ccc(C)c(C2=NN3[C@@H](C2)c2ccccc2O[C@H]3c2ccc(F)cc2)c1. The van der Waals surface area contributed by atoms with E-state index in [1.165, 1.54) is 28.8 Å². The molecule has 3 aromatic rings. The number of halogens is 1. The third-order valence-electron chi connectivity index (χ3n) is 5.56. The van der Waals surface area contributed by atoms with E-state index in [0.29, 0.717) is 0 Å². The normalized spacial score (nSPS) is 20.2. The van der Waals surface area contributed by atoms with Crippen molar-refractivity contribution in [1.82, 2.24) is 5.01 Å². The highest BCUT2D eigenvalue weighted by Crippen LogP contribution is 2.47. The molecule has 2 aliphatic heterocycles. The van der Waals surface area contributed by atoms with Crippen LogP contribution in [0.1, 0.15) is 46.5 Å². The second-order valence-electron chi connectivity index (χ2n) is 7.52. The van der Waals surface area contributed by atoms with Gasteiger partial charge in [0.1, 0.15) is 11.6 Å². The number of rotatable bonds is 2. The summed E-state index contributed by atoms with van der Waals surface area (Å²) in [5, 5.41) is 7.03. The van der Waals surface area contributed by atoms with Gasteiger partial charge in [0.05, 0.1) is 11.8 Å². The summed E-state index contributed by atoms with van der Waals surface area (Å²) in [6.07, 6.45) is 0.450. The van der Waals surface area contributed by atoms with Crippen molar-refractivity contribution in [3.8, 4) is 5.75 Å². The highest BCUT2D eigenvalue weighted by Gasteiger charge is 2.41. The summed E-state index contributed by atoms with van der Waals surface area (Å²) in [4.78, 5) is 0. The van der Waals surface area contributed by atoms with Crippen molar-refractivity contribution in [2.24, 2.45) is 5.10 Å². The zero-order chi connectivity index (χ0) is 19.3. The van der Waals surface area contributed by atoms with Gasteiger partial charge in [-0.2, -0.15) is 5.10 Å². The molecule has 0 saturated heterocycles. The molecule has 0 N–H and O–H groups in total. The van der Waals surface area contributed by atoms with Crippen molar-refractivity contribution in [2.75, 3.05) is 0 Å². The van der Waals surface area contributed by atoms with Gasteiger partial charge in [-0.3, -0.25) is 0 Å². The predicted octanol–water partition coefficient (Wildman–Crippen LogP) is 5.68. The van der Waals surface area contributed by atoms with Gasteiger partial charge < -0.3 is 4.74 Å². The summed E-state index contributed by atoms with van der Waals surface area (Å²) >= 11 is 0. The topological polar surface area (TPSA) is 24.8 Å². The Labute approximate surface area is 164 Å². The third kappa shape index (κ3) is 2.76. The van der Waals surface area contributed by atoms with Crippen LogP contribution in [0, 0.1) is 19.7 Å². The summed E-state index contributed by atoms with van der Waals surface area (Å²) in [6, 6.07) is 21.2. The molecular formula is C24H21FN2O. The van der Waals surface area contributed by atoms with Gasteiger partial charge in [-0.25, -0.2) is 9.40 Å². The molecule has 0 unspecified atom stereocenters. The van der Waals surface area contributed by atoms with Crippen LogP contribution in [0.2, 0.25) is 0 Å². The van der Waals surface area contributed by atoms with Crippen LogP contribution in [-0.4, -0.2) is 10.7 Å². The zero-order valence-electron chi connectivity index (χ0n) is 15.9. The number of hydrogen-bond acceptors (Lipinski definition) is 3. The minimum atomic E-state index is -0.372. The lowest BCUT2D eigenvalue weighted by Crippen LogP contribution is -2.33. The van der Waals surface area contributed by atoms with Gasteiger partial charge in [-0.05, 0) is 43.7 Å². The number of benzene rings is 3. The van der Waals surface area contributed by atoms with E-state index in [1.807, 2.05) is 23.2 Å². The predicted molar refractivity (Wildman–Crippen MR) is 108 cm³/mol. The van der Waals surface area contributed by atoms with Gasteiger partial charge in [0.2, 0.25) is 6.23 Å². The molecular weight excluding hydrogens is 351 g/mol. The number of para-hydroxylation sites is 1. The Morgan fingerprint density at radius 1 is 1.00 bits per heavy atom. The van der Waals surface area contributed by atoms with Crippen molar-refractivity contribution in [1.29, 1.82) is 0 Å². The minimum Gasteiger partial charge on any atom is -0.464 e. The van der Waals surface area contributed by atoms with Gasteiger partial charge in [-0.15, -0.1) is 0 Å². The van der Waals surface area contributed by atoms with Gasteiger partial charge in [-0.1, -0.05) is 48.0 Å².